The smallest absolute Gasteiger partial charge is 0.247 e. The molecule has 0 heterocycles. The molecule has 25 heavy (non-hydrogen) atoms. The van der Waals surface area contributed by atoms with Crippen LogP contribution < -0.4 is 5.43 Å². The molecule has 0 spiro atoms. The molecule has 0 aliphatic heterocycles. The molecular weight excluding hydrogens is 332 g/mol. The fourth-order valence-corrected chi connectivity index (χ4v) is 5.82. The predicted octanol–water partition coefficient (Wildman–Crippen LogP) is 4.16. The Morgan fingerprint density at radius 2 is 1.76 bits per heavy atom. The zero-order valence-electron chi connectivity index (χ0n) is 13.8. The van der Waals surface area contributed by atoms with E-state index in [2.05, 4.69) is 34.8 Å². The lowest BCUT2D eigenvalue weighted by Crippen LogP contribution is -2.31. The van der Waals surface area contributed by atoms with Gasteiger partial charge in [-0.1, -0.05) is 60.5 Å². The lowest BCUT2D eigenvalue weighted by molar-refractivity contribution is -0.126. The molecule has 126 valence electrons. The summed E-state index contributed by atoms with van der Waals surface area (Å²) >= 11 is 5.88. The van der Waals surface area contributed by atoms with Crippen LogP contribution in [0.25, 0.3) is 0 Å². The van der Waals surface area contributed by atoms with Gasteiger partial charge in [-0.05, 0) is 47.9 Å². The molecule has 3 aliphatic carbocycles. The van der Waals surface area contributed by atoms with Crippen LogP contribution in [0.3, 0.4) is 0 Å². The Bertz CT molecular complexity index is 847. The van der Waals surface area contributed by atoms with Gasteiger partial charge < -0.3 is 0 Å². The summed E-state index contributed by atoms with van der Waals surface area (Å²) in [6.45, 7) is 0. The number of fused-ring (bicyclic) bond motifs is 2. The number of hydrazone groups is 1. The van der Waals surface area contributed by atoms with Crippen molar-refractivity contribution in [3.05, 3.63) is 70.7 Å². The largest absolute Gasteiger partial charge is 0.272 e. The van der Waals surface area contributed by atoms with E-state index in [-0.39, 0.29) is 16.7 Å². The van der Waals surface area contributed by atoms with Crippen molar-refractivity contribution >= 4 is 23.7 Å². The maximum Gasteiger partial charge on any atom is 0.247 e. The lowest BCUT2D eigenvalue weighted by Gasteiger charge is -2.27. The highest BCUT2D eigenvalue weighted by atomic mass is 35.5. The van der Waals surface area contributed by atoms with Crippen molar-refractivity contribution in [1.82, 2.24) is 5.43 Å². The van der Waals surface area contributed by atoms with Crippen molar-refractivity contribution in [3.63, 3.8) is 0 Å². The van der Waals surface area contributed by atoms with E-state index in [1.54, 1.807) is 6.21 Å². The fourth-order valence-electron chi connectivity index (χ4n) is 5.70. The van der Waals surface area contributed by atoms with E-state index in [9.17, 15) is 4.79 Å². The van der Waals surface area contributed by atoms with Crippen molar-refractivity contribution in [2.24, 2.45) is 22.4 Å². The van der Waals surface area contributed by atoms with Gasteiger partial charge >= 0.3 is 0 Å². The van der Waals surface area contributed by atoms with Gasteiger partial charge in [0.1, 0.15) is 0 Å². The molecule has 0 radical (unpaired) electrons. The van der Waals surface area contributed by atoms with Gasteiger partial charge in [0.2, 0.25) is 5.91 Å². The molecule has 3 aliphatic rings. The second-order valence-corrected chi connectivity index (χ2v) is 7.83. The number of hydrogen-bond acceptors (Lipinski definition) is 2. The summed E-state index contributed by atoms with van der Waals surface area (Å²) < 4.78 is 0. The third-order valence-electron chi connectivity index (χ3n) is 6.58. The van der Waals surface area contributed by atoms with E-state index in [0.717, 1.165) is 18.4 Å². The molecule has 2 aromatic rings. The highest BCUT2D eigenvalue weighted by Crippen LogP contribution is 2.97. The van der Waals surface area contributed by atoms with E-state index >= 15 is 0 Å². The first-order chi connectivity index (χ1) is 12.2. The molecule has 4 heteroatoms. The topological polar surface area (TPSA) is 41.5 Å². The number of hydrogen-bond donors (Lipinski definition) is 1. The summed E-state index contributed by atoms with van der Waals surface area (Å²) in [5.41, 5.74) is 4.95. The van der Waals surface area contributed by atoms with E-state index in [4.69, 9.17) is 11.6 Å². The lowest BCUT2D eigenvalue weighted by atomic mass is 9.77. The van der Waals surface area contributed by atoms with Gasteiger partial charge in [-0.15, -0.1) is 0 Å². The number of halogens is 1. The number of benzene rings is 2. The minimum Gasteiger partial charge on any atom is -0.272 e. The number of nitrogens with zero attached hydrogens (tertiary/aromatic N) is 1. The normalized spacial score (nSPS) is 34.4. The molecule has 1 N–H and O–H groups in total. The van der Waals surface area contributed by atoms with E-state index in [1.807, 2.05) is 30.3 Å². The van der Waals surface area contributed by atoms with Gasteiger partial charge in [-0.25, -0.2) is 5.43 Å². The number of carbonyl (C=O) groups is 1. The average molecular weight is 351 g/mol. The first kappa shape index (κ1) is 15.2. The molecule has 0 saturated heterocycles. The second-order valence-electron chi connectivity index (χ2n) is 7.39. The fraction of sp³-hybridized carbons (Fsp3) is 0.333. The Hall–Kier alpha value is -2.13. The zero-order chi connectivity index (χ0) is 17.1. The van der Waals surface area contributed by atoms with Crippen molar-refractivity contribution in [3.8, 4) is 0 Å². The standard InChI is InChI=1S/C21H19ClN2O/c22-16-11-9-14(10-12-16)13-23-24-19(25)21-17-7-4-8-18(21)20(17,21)15-5-2-1-3-6-15/h1-3,5-6,9-13,17-18H,4,7-8H2,(H,24,25)/b23-13+/t17-,18-,20?,21?/m0/s1. The first-order valence-corrected chi connectivity index (χ1v) is 9.24. The molecular formula is C21H19ClN2O. The quantitative estimate of drug-likeness (QED) is 0.653. The van der Waals surface area contributed by atoms with E-state index in [1.165, 1.54) is 12.0 Å². The monoisotopic (exact) mass is 350 g/mol. The summed E-state index contributed by atoms with van der Waals surface area (Å²) in [6.07, 6.45) is 5.22. The molecule has 0 aromatic heterocycles. The number of rotatable bonds is 4. The Balaban J connectivity index is 1.35. The summed E-state index contributed by atoms with van der Waals surface area (Å²) in [6, 6.07) is 18.0. The van der Waals surface area contributed by atoms with Crippen LogP contribution in [0.15, 0.2) is 59.7 Å². The van der Waals surface area contributed by atoms with Crippen LogP contribution >= 0.6 is 11.6 Å². The van der Waals surface area contributed by atoms with Crippen LogP contribution in [0.5, 0.6) is 0 Å². The van der Waals surface area contributed by atoms with Crippen molar-refractivity contribution in [1.29, 1.82) is 0 Å². The third kappa shape index (κ3) is 1.82. The molecule has 3 saturated carbocycles. The molecule has 3 nitrogen and oxygen atoms in total. The van der Waals surface area contributed by atoms with Gasteiger partial charge in [0.05, 0.1) is 11.6 Å². The zero-order valence-corrected chi connectivity index (χ0v) is 14.5. The summed E-state index contributed by atoms with van der Waals surface area (Å²) in [7, 11) is 0. The van der Waals surface area contributed by atoms with E-state index < -0.39 is 0 Å². The average Bonchev–Trinajstić information content (AvgIpc) is 3.51. The molecule has 3 fully saturated rings. The molecule has 0 bridgehead atoms. The summed E-state index contributed by atoms with van der Waals surface area (Å²) in [4.78, 5) is 13.0. The van der Waals surface area contributed by atoms with Gasteiger partial charge in [-0.2, -0.15) is 5.10 Å². The molecule has 5 rings (SSSR count). The Morgan fingerprint density at radius 1 is 1.08 bits per heavy atom. The second kappa shape index (κ2) is 5.18. The number of carbonyl (C=O) groups excluding carboxylic acids is 1. The van der Waals surface area contributed by atoms with E-state index in [0.29, 0.717) is 16.9 Å². The van der Waals surface area contributed by atoms with Crippen molar-refractivity contribution in [2.45, 2.75) is 24.7 Å². The molecule has 2 atom stereocenters. The maximum atomic E-state index is 13.0. The Kier molecular flexibility index (Phi) is 3.14. The van der Waals surface area contributed by atoms with Crippen LogP contribution in [-0.4, -0.2) is 12.1 Å². The Morgan fingerprint density at radius 3 is 2.44 bits per heavy atom. The van der Waals surface area contributed by atoms with Gasteiger partial charge in [0, 0.05) is 10.4 Å². The third-order valence-corrected chi connectivity index (χ3v) is 6.83. The molecule has 0 unspecified atom stereocenters. The van der Waals surface area contributed by atoms with Gasteiger partial charge in [0.25, 0.3) is 0 Å². The molecule has 1 amide bonds. The van der Waals surface area contributed by atoms with Crippen molar-refractivity contribution in [2.75, 3.05) is 0 Å². The van der Waals surface area contributed by atoms with Crippen LogP contribution in [0.2, 0.25) is 5.02 Å². The van der Waals surface area contributed by atoms with Crippen LogP contribution in [-0.2, 0) is 10.2 Å². The van der Waals surface area contributed by atoms with Gasteiger partial charge in [0.15, 0.2) is 0 Å². The highest BCUT2D eigenvalue weighted by molar-refractivity contribution is 6.30. The minimum atomic E-state index is -0.204. The first-order valence-electron chi connectivity index (χ1n) is 8.87. The highest BCUT2D eigenvalue weighted by Gasteiger charge is 3.01. The van der Waals surface area contributed by atoms with Crippen LogP contribution in [0, 0.1) is 17.3 Å². The van der Waals surface area contributed by atoms with Crippen LogP contribution in [0.4, 0.5) is 0 Å². The number of amides is 1. The summed E-state index contributed by atoms with van der Waals surface area (Å²) in [5, 5.41) is 4.88. The Labute approximate surface area is 152 Å². The van der Waals surface area contributed by atoms with Gasteiger partial charge in [-0.3, -0.25) is 4.79 Å². The summed E-state index contributed by atoms with van der Waals surface area (Å²) in [5.74, 6) is 1.08. The maximum absolute atomic E-state index is 13.0. The predicted molar refractivity (Wildman–Crippen MR) is 98.6 cm³/mol. The number of nitrogens with one attached hydrogen (secondary N) is 1. The van der Waals surface area contributed by atoms with Crippen LogP contribution in [0.1, 0.15) is 30.4 Å². The SMILES string of the molecule is O=C(N/N=C/c1ccc(Cl)cc1)C12[C@H]3CCC[C@H]1C32c1ccccc1. The van der Waals surface area contributed by atoms with Crippen molar-refractivity contribution < 1.29 is 4.79 Å². The molecule has 2 aromatic carbocycles. The minimum absolute atomic E-state index is 0.0897.